The Balaban J connectivity index is 3.10. The van der Waals surface area contributed by atoms with Crippen LogP contribution >= 0.6 is 0 Å². The minimum absolute atomic E-state index is 0.551. The number of halogens is 1. The molecule has 50 valence electrons. The van der Waals surface area contributed by atoms with Gasteiger partial charge in [0.25, 0.3) is 0 Å². The Morgan fingerprint density at radius 3 is 2.00 bits per heavy atom. The molecule has 0 bridgehead atoms. The van der Waals surface area contributed by atoms with Crippen molar-refractivity contribution in [3.8, 4) is 0 Å². The third-order valence-electron chi connectivity index (χ3n) is 1.42. The molecule has 8 heavy (non-hydrogen) atoms. The monoisotopic (exact) mass is 118 g/mol. The molecule has 2 unspecified atom stereocenters. The summed E-state index contributed by atoms with van der Waals surface area (Å²) in [7, 11) is 0. The van der Waals surface area contributed by atoms with E-state index in [1.54, 1.807) is 6.92 Å². The second kappa shape index (κ2) is 3.88. The van der Waals surface area contributed by atoms with Crippen molar-refractivity contribution in [3.05, 3.63) is 0 Å². The van der Waals surface area contributed by atoms with Crippen LogP contribution in [0.25, 0.3) is 0 Å². The molecule has 0 aliphatic rings. The summed E-state index contributed by atoms with van der Waals surface area (Å²) in [6, 6.07) is 0. The first-order valence-electron chi connectivity index (χ1n) is 3.30. The molecule has 0 amide bonds. The maximum Gasteiger partial charge on any atom is 0.0976 e. The van der Waals surface area contributed by atoms with E-state index in [-0.39, 0.29) is 0 Å². The Bertz CT molecular complexity index is 50.3. The van der Waals surface area contributed by atoms with Gasteiger partial charge in [-0.05, 0) is 19.3 Å². The van der Waals surface area contributed by atoms with Gasteiger partial charge in [0.15, 0.2) is 0 Å². The van der Waals surface area contributed by atoms with E-state index in [1.807, 2.05) is 0 Å². The van der Waals surface area contributed by atoms with Crippen LogP contribution in [0.15, 0.2) is 0 Å². The number of hydrogen-bond donors (Lipinski definition) is 0. The lowest BCUT2D eigenvalue weighted by atomic mass is 10.0. The highest BCUT2D eigenvalue weighted by Gasteiger charge is 2.03. The lowest BCUT2D eigenvalue weighted by molar-refractivity contribution is 0.294. The van der Waals surface area contributed by atoms with Crippen LogP contribution in [-0.4, -0.2) is 6.17 Å². The Morgan fingerprint density at radius 2 is 1.88 bits per heavy atom. The maximum atomic E-state index is 12.1. The van der Waals surface area contributed by atoms with Crippen LogP contribution in [0.5, 0.6) is 0 Å². The summed E-state index contributed by atoms with van der Waals surface area (Å²) < 4.78 is 12.1. The first-order chi connectivity index (χ1) is 3.66. The van der Waals surface area contributed by atoms with Gasteiger partial charge < -0.3 is 0 Å². The number of alkyl halides is 1. The van der Waals surface area contributed by atoms with Crippen LogP contribution in [0.4, 0.5) is 4.39 Å². The van der Waals surface area contributed by atoms with Crippen molar-refractivity contribution in [2.75, 3.05) is 0 Å². The van der Waals surface area contributed by atoms with Gasteiger partial charge in [-0.25, -0.2) is 4.39 Å². The fourth-order valence-electron chi connectivity index (χ4n) is 0.721. The minimum atomic E-state index is -0.620. The number of rotatable bonds is 3. The molecule has 0 nitrogen and oxygen atoms in total. The highest BCUT2D eigenvalue weighted by Crippen LogP contribution is 2.10. The highest BCUT2D eigenvalue weighted by atomic mass is 19.1. The maximum absolute atomic E-state index is 12.1. The van der Waals surface area contributed by atoms with Crippen molar-refractivity contribution in [2.45, 2.75) is 39.8 Å². The van der Waals surface area contributed by atoms with Crippen molar-refractivity contribution in [1.82, 2.24) is 0 Å². The molecule has 0 N–H and O–H groups in total. The Labute approximate surface area is 51.1 Å². The average molecular weight is 118 g/mol. The number of hydrogen-bond acceptors (Lipinski definition) is 0. The summed E-state index contributed by atoms with van der Waals surface area (Å²) in [5, 5.41) is 0. The SMILES string of the molecule is CCC(C)CC(C)F. The van der Waals surface area contributed by atoms with Crippen molar-refractivity contribution in [3.63, 3.8) is 0 Å². The second-order valence-corrected chi connectivity index (χ2v) is 2.53. The van der Waals surface area contributed by atoms with Crippen LogP contribution in [0.3, 0.4) is 0 Å². The van der Waals surface area contributed by atoms with Gasteiger partial charge >= 0.3 is 0 Å². The van der Waals surface area contributed by atoms with Crippen LogP contribution < -0.4 is 0 Å². The molecule has 0 aliphatic heterocycles. The van der Waals surface area contributed by atoms with Gasteiger partial charge in [0.05, 0.1) is 6.17 Å². The summed E-state index contributed by atoms with van der Waals surface area (Å²) in [5.41, 5.74) is 0. The minimum Gasteiger partial charge on any atom is -0.248 e. The molecule has 0 fully saturated rings. The Morgan fingerprint density at radius 1 is 1.38 bits per heavy atom. The van der Waals surface area contributed by atoms with E-state index in [0.717, 1.165) is 12.8 Å². The van der Waals surface area contributed by atoms with Crippen molar-refractivity contribution in [1.29, 1.82) is 0 Å². The third-order valence-corrected chi connectivity index (χ3v) is 1.42. The molecule has 0 heterocycles. The highest BCUT2D eigenvalue weighted by molar-refractivity contribution is 4.54. The summed E-state index contributed by atoms with van der Waals surface area (Å²) >= 11 is 0. The third kappa shape index (κ3) is 4.10. The molecular weight excluding hydrogens is 103 g/mol. The molecule has 0 saturated carbocycles. The topological polar surface area (TPSA) is 0 Å². The molecule has 0 radical (unpaired) electrons. The lowest BCUT2D eigenvalue weighted by Crippen LogP contribution is -2.00. The lowest BCUT2D eigenvalue weighted by Gasteiger charge is -2.07. The normalized spacial score (nSPS) is 18.0. The zero-order valence-corrected chi connectivity index (χ0v) is 5.95. The standard InChI is InChI=1S/C7H15F/c1-4-6(2)5-7(3)8/h6-7H,4-5H2,1-3H3. The molecular formula is C7H15F. The van der Waals surface area contributed by atoms with Crippen LogP contribution in [-0.2, 0) is 0 Å². The summed E-state index contributed by atoms with van der Waals surface area (Å²) in [6.07, 6.45) is 1.19. The van der Waals surface area contributed by atoms with E-state index in [9.17, 15) is 4.39 Å². The molecule has 0 saturated heterocycles. The quantitative estimate of drug-likeness (QED) is 0.534. The van der Waals surface area contributed by atoms with E-state index < -0.39 is 6.17 Å². The molecule has 0 aliphatic carbocycles. The molecule has 2 atom stereocenters. The zero-order valence-electron chi connectivity index (χ0n) is 5.95. The van der Waals surface area contributed by atoms with E-state index in [4.69, 9.17) is 0 Å². The average Bonchev–Trinajstić information content (AvgIpc) is 1.65. The molecule has 0 aromatic carbocycles. The van der Waals surface area contributed by atoms with Gasteiger partial charge in [-0.1, -0.05) is 20.3 Å². The van der Waals surface area contributed by atoms with E-state index in [0.29, 0.717) is 5.92 Å². The van der Waals surface area contributed by atoms with Gasteiger partial charge in [-0.2, -0.15) is 0 Å². The van der Waals surface area contributed by atoms with E-state index in [2.05, 4.69) is 13.8 Å². The fraction of sp³-hybridized carbons (Fsp3) is 1.00. The first-order valence-corrected chi connectivity index (χ1v) is 3.30. The predicted octanol–water partition coefficient (Wildman–Crippen LogP) is 2.78. The smallest absolute Gasteiger partial charge is 0.0976 e. The van der Waals surface area contributed by atoms with Crippen molar-refractivity contribution >= 4 is 0 Å². The summed E-state index contributed by atoms with van der Waals surface area (Å²) in [4.78, 5) is 0. The molecule has 0 aromatic heterocycles. The molecule has 0 rings (SSSR count). The van der Waals surface area contributed by atoms with Crippen molar-refractivity contribution < 1.29 is 4.39 Å². The van der Waals surface area contributed by atoms with Gasteiger partial charge in [0.2, 0.25) is 0 Å². The molecule has 0 spiro atoms. The zero-order chi connectivity index (χ0) is 6.57. The van der Waals surface area contributed by atoms with Crippen LogP contribution in [0, 0.1) is 5.92 Å². The fourth-order valence-corrected chi connectivity index (χ4v) is 0.721. The summed E-state index contributed by atoms with van der Waals surface area (Å²) in [6.45, 7) is 5.79. The van der Waals surface area contributed by atoms with Crippen molar-refractivity contribution in [2.24, 2.45) is 5.92 Å². The largest absolute Gasteiger partial charge is 0.248 e. The molecule has 0 aromatic rings. The summed E-state index contributed by atoms with van der Waals surface area (Å²) in [5.74, 6) is 0.551. The second-order valence-electron chi connectivity index (χ2n) is 2.53. The molecule has 1 heteroatoms. The van der Waals surface area contributed by atoms with Gasteiger partial charge in [-0.3, -0.25) is 0 Å². The van der Waals surface area contributed by atoms with Crippen LogP contribution in [0.2, 0.25) is 0 Å². The van der Waals surface area contributed by atoms with Crippen LogP contribution in [0.1, 0.15) is 33.6 Å². The Hall–Kier alpha value is -0.0700. The van der Waals surface area contributed by atoms with Gasteiger partial charge in [0.1, 0.15) is 0 Å². The van der Waals surface area contributed by atoms with E-state index in [1.165, 1.54) is 0 Å². The van der Waals surface area contributed by atoms with E-state index >= 15 is 0 Å². The van der Waals surface area contributed by atoms with Gasteiger partial charge in [0, 0.05) is 0 Å². The first kappa shape index (κ1) is 7.93. The predicted molar refractivity (Wildman–Crippen MR) is 34.6 cm³/mol. The van der Waals surface area contributed by atoms with Gasteiger partial charge in [-0.15, -0.1) is 0 Å². The Kier molecular flexibility index (Phi) is 3.84.